The summed E-state index contributed by atoms with van der Waals surface area (Å²) in [5.41, 5.74) is 2.15. The first-order valence-corrected chi connectivity index (χ1v) is 12.2. The van der Waals surface area contributed by atoms with Crippen molar-refractivity contribution in [2.75, 3.05) is 20.2 Å². The largest absolute Gasteiger partial charge is 0.468 e. The maximum atomic E-state index is 14.8. The van der Waals surface area contributed by atoms with E-state index in [-0.39, 0.29) is 34.4 Å². The standard InChI is InChI=1S/C25H28FN3O4S/c1-16(30)34-22-9-10-28(14-19(22)11-17-12-27-29(13-17)15-23(31)33-2)24(25(32)18-7-8-18)20-5-3-4-6-21(20)26/h3-6,11-13,18,22,24H,7-10,14-15H2,1-2H3/b19-11-. The number of thioether (sulfide) groups is 1. The van der Waals surface area contributed by atoms with Gasteiger partial charge >= 0.3 is 5.97 Å². The lowest BCUT2D eigenvalue weighted by Crippen LogP contribution is -2.43. The molecule has 1 saturated carbocycles. The highest BCUT2D eigenvalue weighted by atomic mass is 32.2. The van der Waals surface area contributed by atoms with E-state index in [1.54, 1.807) is 37.5 Å². The third kappa shape index (κ3) is 5.82. The van der Waals surface area contributed by atoms with Crippen LogP contribution in [0.4, 0.5) is 4.39 Å². The lowest BCUT2D eigenvalue weighted by atomic mass is 9.93. The molecule has 2 aliphatic rings. The van der Waals surface area contributed by atoms with Crippen molar-refractivity contribution in [3.05, 3.63) is 59.2 Å². The van der Waals surface area contributed by atoms with Crippen molar-refractivity contribution in [1.82, 2.24) is 14.7 Å². The Morgan fingerprint density at radius 1 is 1.26 bits per heavy atom. The number of esters is 1. The van der Waals surface area contributed by atoms with Gasteiger partial charge in [0.05, 0.1) is 19.3 Å². The Balaban J connectivity index is 1.63. The number of rotatable bonds is 8. The van der Waals surface area contributed by atoms with Crippen molar-refractivity contribution in [2.45, 2.75) is 44.0 Å². The van der Waals surface area contributed by atoms with Crippen molar-refractivity contribution >= 4 is 34.7 Å². The van der Waals surface area contributed by atoms with Gasteiger partial charge in [0, 0.05) is 48.5 Å². The van der Waals surface area contributed by atoms with Crippen LogP contribution in [0.25, 0.3) is 6.08 Å². The highest BCUT2D eigenvalue weighted by molar-refractivity contribution is 8.14. The predicted molar refractivity (Wildman–Crippen MR) is 127 cm³/mol. The second kappa shape index (κ2) is 10.7. The summed E-state index contributed by atoms with van der Waals surface area (Å²) in [5, 5.41) is 4.18. The van der Waals surface area contributed by atoms with Crippen LogP contribution in [0.5, 0.6) is 0 Å². The van der Waals surface area contributed by atoms with E-state index in [0.29, 0.717) is 25.1 Å². The van der Waals surface area contributed by atoms with Gasteiger partial charge in [-0.2, -0.15) is 5.10 Å². The number of aromatic nitrogens is 2. The summed E-state index contributed by atoms with van der Waals surface area (Å²) in [6.45, 7) is 2.57. The van der Waals surface area contributed by atoms with Crippen molar-refractivity contribution in [2.24, 2.45) is 5.92 Å². The van der Waals surface area contributed by atoms with E-state index in [1.165, 1.54) is 29.6 Å². The first-order valence-electron chi connectivity index (χ1n) is 11.3. The fourth-order valence-corrected chi connectivity index (χ4v) is 5.26. The normalized spacial score (nSPS) is 20.8. The first-order chi connectivity index (χ1) is 16.4. The molecule has 2 fully saturated rings. The number of carbonyl (C=O) groups is 3. The van der Waals surface area contributed by atoms with Crippen LogP contribution in [0, 0.1) is 11.7 Å². The summed E-state index contributed by atoms with van der Waals surface area (Å²) < 4.78 is 21.0. The topological polar surface area (TPSA) is 81.5 Å². The third-order valence-electron chi connectivity index (χ3n) is 6.12. The zero-order valence-corrected chi connectivity index (χ0v) is 20.1. The number of hydrogen-bond donors (Lipinski definition) is 0. The molecule has 1 aliphatic carbocycles. The van der Waals surface area contributed by atoms with E-state index in [9.17, 15) is 18.8 Å². The molecule has 0 N–H and O–H groups in total. The molecule has 4 rings (SSSR count). The van der Waals surface area contributed by atoms with Crippen LogP contribution in [-0.2, 0) is 25.7 Å². The summed E-state index contributed by atoms with van der Waals surface area (Å²) in [7, 11) is 1.32. The molecule has 1 aliphatic heterocycles. The van der Waals surface area contributed by atoms with Gasteiger partial charge in [0.1, 0.15) is 12.4 Å². The minimum absolute atomic E-state index is 0.00265. The van der Waals surface area contributed by atoms with Gasteiger partial charge in [-0.25, -0.2) is 4.39 Å². The fourth-order valence-electron chi connectivity index (χ4n) is 4.35. The molecule has 1 saturated heterocycles. The van der Waals surface area contributed by atoms with E-state index >= 15 is 0 Å². The molecule has 1 aromatic carbocycles. The number of carbonyl (C=O) groups excluding carboxylic acids is 3. The number of hydrogen-bond acceptors (Lipinski definition) is 7. The zero-order chi connectivity index (χ0) is 24.2. The van der Waals surface area contributed by atoms with E-state index in [0.717, 1.165) is 24.0 Å². The number of nitrogens with zero attached hydrogens (tertiary/aromatic N) is 3. The van der Waals surface area contributed by atoms with Crippen LogP contribution in [-0.4, -0.2) is 57.0 Å². The smallest absolute Gasteiger partial charge is 0.327 e. The maximum absolute atomic E-state index is 14.8. The van der Waals surface area contributed by atoms with Gasteiger partial charge in [0.2, 0.25) is 0 Å². The molecule has 0 bridgehead atoms. The van der Waals surface area contributed by atoms with Gasteiger partial charge < -0.3 is 4.74 Å². The molecule has 1 aromatic heterocycles. The van der Waals surface area contributed by atoms with Crippen LogP contribution in [0.2, 0.25) is 0 Å². The second-order valence-electron chi connectivity index (χ2n) is 8.72. The van der Waals surface area contributed by atoms with Gasteiger partial charge in [-0.05, 0) is 30.9 Å². The highest BCUT2D eigenvalue weighted by Crippen LogP contribution is 2.40. The number of ketones is 1. The lowest BCUT2D eigenvalue weighted by molar-refractivity contribution is -0.141. The number of halogens is 1. The Bertz CT molecular complexity index is 1110. The van der Waals surface area contributed by atoms with Crippen LogP contribution < -0.4 is 0 Å². The number of methoxy groups -OCH3 is 1. The van der Waals surface area contributed by atoms with Gasteiger partial charge in [-0.1, -0.05) is 36.0 Å². The minimum Gasteiger partial charge on any atom is -0.468 e. The molecule has 180 valence electrons. The van der Waals surface area contributed by atoms with Crippen LogP contribution in [0.15, 0.2) is 42.2 Å². The third-order valence-corrected chi connectivity index (χ3v) is 7.28. The fraction of sp³-hybridized carbons (Fsp3) is 0.440. The number of piperidine rings is 1. The Kier molecular flexibility index (Phi) is 7.63. The Morgan fingerprint density at radius 3 is 2.71 bits per heavy atom. The van der Waals surface area contributed by atoms with Gasteiger partial charge in [0.15, 0.2) is 10.9 Å². The summed E-state index contributed by atoms with van der Waals surface area (Å²) in [6, 6.07) is 5.83. The van der Waals surface area contributed by atoms with Gasteiger partial charge in [0.25, 0.3) is 0 Å². The van der Waals surface area contributed by atoms with Crippen molar-refractivity contribution in [3.63, 3.8) is 0 Å². The Morgan fingerprint density at radius 2 is 2.03 bits per heavy atom. The Labute approximate surface area is 202 Å². The maximum Gasteiger partial charge on any atom is 0.327 e. The molecule has 7 nitrogen and oxygen atoms in total. The second-order valence-corrected chi connectivity index (χ2v) is 10.1. The molecule has 2 atom stereocenters. The van der Waals surface area contributed by atoms with Crippen LogP contribution in [0.3, 0.4) is 0 Å². The number of benzene rings is 1. The molecule has 2 aromatic rings. The number of likely N-dealkylation sites (tertiary alicyclic amines) is 1. The summed E-state index contributed by atoms with van der Waals surface area (Å²) in [4.78, 5) is 38.8. The van der Waals surface area contributed by atoms with Gasteiger partial charge in [-0.15, -0.1) is 0 Å². The van der Waals surface area contributed by atoms with Crippen molar-refractivity contribution in [3.8, 4) is 0 Å². The molecule has 0 amide bonds. The minimum atomic E-state index is -0.651. The first kappa shape index (κ1) is 24.3. The van der Waals surface area contributed by atoms with Crippen molar-refractivity contribution in [1.29, 1.82) is 0 Å². The van der Waals surface area contributed by atoms with E-state index in [1.807, 2.05) is 11.0 Å². The number of Topliss-reactive ketones (excluding diaryl/α,β-unsaturated/α-hetero) is 1. The quantitative estimate of drug-likeness (QED) is 0.528. The monoisotopic (exact) mass is 485 g/mol. The molecule has 0 radical (unpaired) electrons. The lowest BCUT2D eigenvalue weighted by Gasteiger charge is -2.38. The molecule has 0 spiro atoms. The average Bonchev–Trinajstić information content (AvgIpc) is 3.57. The SMILES string of the molecule is COC(=O)Cn1cc(/C=C2/CN(C(C(=O)C3CC3)c3ccccc3F)CCC2SC(C)=O)cn1. The predicted octanol–water partition coefficient (Wildman–Crippen LogP) is 3.65. The molecular formula is C25H28FN3O4S. The summed E-state index contributed by atoms with van der Waals surface area (Å²) in [5.74, 6) is -0.732. The Hall–Kier alpha value is -2.78. The zero-order valence-electron chi connectivity index (χ0n) is 19.3. The average molecular weight is 486 g/mol. The molecule has 34 heavy (non-hydrogen) atoms. The van der Waals surface area contributed by atoms with E-state index in [2.05, 4.69) is 9.84 Å². The molecule has 9 heteroatoms. The molecular weight excluding hydrogens is 457 g/mol. The highest BCUT2D eigenvalue weighted by Gasteiger charge is 2.41. The van der Waals surface area contributed by atoms with E-state index < -0.39 is 12.0 Å². The number of ether oxygens (including phenoxy) is 1. The molecule has 2 unspecified atom stereocenters. The van der Waals surface area contributed by atoms with E-state index in [4.69, 9.17) is 0 Å². The molecule has 2 heterocycles. The van der Waals surface area contributed by atoms with Crippen LogP contribution >= 0.6 is 11.8 Å². The van der Waals surface area contributed by atoms with Crippen LogP contribution in [0.1, 0.15) is 43.4 Å². The van der Waals surface area contributed by atoms with Gasteiger partial charge in [-0.3, -0.25) is 24.0 Å². The summed E-state index contributed by atoms with van der Waals surface area (Å²) in [6.07, 6.45) is 7.70. The van der Waals surface area contributed by atoms with Crippen molar-refractivity contribution < 1.29 is 23.5 Å². The summed E-state index contributed by atoms with van der Waals surface area (Å²) >= 11 is 1.27.